The molecule has 4 rings (SSSR count). The van der Waals surface area contributed by atoms with E-state index >= 15 is 0 Å². The minimum atomic E-state index is 0.734. The van der Waals surface area contributed by atoms with Gasteiger partial charge in [0, 0.05) is 35.5 Å². The fraction of sp³-hybridized carbons (Fsp3) is 0.0952. The van der Waals surface area contributed by atoms with Crippen molar-refractivity contribution in [3.8, 4) is 22.7 Å². The first-order chi connectivity index (χ1) is 13.3. The summed E-state index contributed by atoms with van der Waals surface area (Å²) in [6.45, 7) is 0. The first-order valence-electron chi connectivity index (χ1n) is 8.52. The number of nitrogens with zero attached hydrogens (tertiary/aromatic N) is 4. The molecule has 0 aliphatic carbocycles. The summed E-state index contributed by atoms with van der Waals surface area (Å²) < 4.78 is 7.19. The second-order valence-corrected chi connectivity index (χ2v) is 6.77. The molecular formula is C21H18N4OS. The maximum Gasteiger partial charge on any atom is 0.187 e. The quantitative estimate of drug-likeness (QED) is 0.364. The van der Waals surface area contributed by atoms with Crippen molar-refractivity contribution in [1.82, 2.24) is 19.7 Å². The summed E-state index contributed by atoms with van der Waals surface area (Å²) in [6.07, 6.45) is 5.59. The summed E-state index contributed by atoms with van der Waals surface area (Å²) in [5, 5.41) is 5.60. The second kappa shape index (κ2) is 8.05. The number of hydrogen-bond donors (Lipinski definition) is 0. The van der Waals surface area contributed by atoms with Gasteiger partial charge in [0.25, 0.3) is 0 Å². The van der Waals surface area contributed by atoms with Crippen molar-refractivity contribution in [3.63, 3.8) is 0 Å². The van der Waals surface area contributed by atoms with Gasteiger partial charge in [0.15, 0.2) is 5.16 Å². The fourth-order valence-electron chi connectivity index (χ4n) is 2.72. The average Bonchev–Trinajstić information content (AvgIpc) is 3.18. The van der Waals surface area contributed by atoms with E-state index in [1.165, 1.54) is 0 Å². The zero-order chi connectivity index (χ0) is 18.5. The van der Waals surface area contributed by atoms with Crippen molar-refractivity contribution < 1.29 is 4.74 Å². The molecule has 0 radical (unpaired) electrons. The van der Waals surface area contributed by atoms with E-state index in [-0.39, 0.29) is 0 Å². The van der Waals surface area contributed by atoms with E-state index in [9.17, 15) is 0 Å². The third-order valence-electron chi connectivity index (χ3n) is 4.07. The molecule has 0 atom stereocenters. The predicted molar refractivity (Wildman–Crippen MR) is 107 cm³/mol. The van der Waals surface area contributed by atoms with Gasteiger partial charge < -0.3 is 4.74 Å². The van der Waals surface area contributed by atoms with Crippen molar-refractivity contribution in [2.75, 3.05) is 7.11 Å². The zero-order valence-electron chi connectivity index (χ0n) is 14.8. The summed E-state index contributed by atoms with van der Waals surface area (Å²) in [4.78, 5) is 8.58. The van der Waals surface area contributed by atoms with Gasteiger partial charge in [-0.2, -0.15) is 5.10 Å². The first-order valence-corrected chi connectivity index (χ1v) is 9.50. The lowest BCUT2D eigenvalue weighted by Gasteiger charge is -2.04. The topological polar surface area (TPSA) is 52.8 Å². The van der Waals surface area contributed by atoms with Crippen LogP contribution < -0.4 is 4.74 Å². The van der Waals surface area contributed by atoms with Gasteiger partial charge in [-0.15, -0.1) is 0 Å². The highest BCUT2D eigenvalue weighted by Crippen LogP contribution is 2.29. The van der Waals surface area contributed by atoms with Crippen molar-refractivity contribution in [2.24, 2.45) is 0 Å². The Balaban J connectivity index is 1.69. The van der Waals surface area contributed by atoms with Crippen LogP contribution in [0.4, 0.5) is 0 Å². The van der Waals surface area contributed by atoms with Crippen molar-refractivity contribution >= 4 is 11.8 Å². The molecule has 0 saturated heterocycles. The van der Waals surface area contributed by atoms with Crippen molar-refractivity contribution in [2.45, 2.75) is 10.9 Å². The van der Waals surface area contributed by atoms with Crippen LogP contribution in [0.15, 0.2) is 84.4 Å². The molecule has 2 aromatic heterocycles. The van der Waals surface area contributed by atoms with Crippen LogP contribution in [-0.4, -0.2) is 26.9 Å². The number of methoxy groups -OCH3 is 1. The Bertz CT molecular complexity index is 1000. The lowest BCUT2D eigenvalue weighted by Crippen LogP contribution is -1.94. The summed E-state index contributed by atoms with van der Waals surface area (Å²) >= 11 is 1.60. The number of ether oxygens (including phenoxy) is 1. The van der Waals surface area contributed by atoms with Crippen LogP contribution in [0.3, 0.4) is 0 Å². The molecule has 4 aromatic rings. The minimum absolute atomic E-state index is 0.734. The molecule has 0 aliphatic heterocycles. The Hall–Kier alpha value is -3.12. The second-order valence-electron chi connectivity index (χ2n) is 5.83. The van der Waals surface area contributed by atoms with Crippen molar-refractivity contribution in [1.29, 1.82) is 0 Å². The molecule has 2 heterocycles. The molecule has 0 N–H and O–H groups in total. The Morgan fingerprint density at radius 2 is 1.67 bits per heavy atom. The van der Waals surface area contributed by atoms with Crippen LogP contribution in [0.2, 0.25) is 0 Å². The van der Waals surface area contributed by atoms with Crippen molar-refractivity contribution in [3.05, 3.63) is 84.8 Å². The fourth-order valence-corrected chi connectivity index (χ4v) is 3.49. The highest BCUT2D eigenvalue weighted by atomic mass is 32.2. The summed E-state index contributed by atoms with van der Waals surface area (Å²) in [5.41, 5.74) is 4.15. The van der Waals surface area contributed by atoms with E-state index in [1.54, 1.807) is 31.3 Å². The minimum Gasteiger partial charge on any atom is -0.497 e. The molecule has 0 fully saturated rings. The predicted octanol–water partition coefficient (Wildman–Crippen LogP) is 4.63. The number of hydrogen-bond acceptors (Lipinski definition) is 5. The molecule has 0 bridgehead atoms. The van der Waals surface area contributed by atoms with Crippen LogP contribution in [0.1, 0.15) is 5.56 Å². The molecule has 0 aliphatic rings. The van der Waals surface area contributed by atoms with Crippen LogP contribution in [-0.2, 0) is 5.75 Å². The number of para-hydroxylation sites is 1. The number of rotatable bonds is 6. The van der Waals surface area contributed by atoms with Crippen LogP contribution in [0, 0.1) is 0 Å². The molecule has 0 saturated carbocycles. The molecule has 0 spiro atoms. The molecule has 27 heavy (non-hydrogen) atoms. The molecule has 6 heteroatoms. The lowest BCUT2D eigenvalue weighted by atomic mass is 10.1. The van der Waals surface area contributed by atoms with E-state index in [4.69, 9.17) is 9.84 Å². The maximum atomic E-state index is 5.27. The Morgan fingerprint density at radius 3 is 2.37 bits per heavy atom. The number of aromatic nitrogens is 4. The lowest BCUT2D eigenvalue weighted by molar-refractivity contribution is 0.415. The third-order valence-corrected chi connectivity index (χ3v) is 5.00. The molecular weight excluding hydrogens is 356 g/mol. The van der Waals surface area contributed by atoms with E-state index in [2.05, 4.69) is 16.2 Å². The highest BCUT2D eigenvalue weighted by Gasteiger charge is 2.13. The standard InChI is InChI=1S/C21H18N4OS/c1-26-19-10-8-16(9-11-19)20-17(15-27-21-22-12-5-13-23-21)14-25(24-20)18-6-3-2-4-7-18/h2-14H,15H2,1H3. The first kappa shape index (κ1) is 17.3. The van der Waals surface area contributed by atoms with Gasteiger partial charge in [0.1, 0.15) is 5.75 Å². The number of thioether (sulfide) groups is 1. The Labute approximate surface area is 162 Å². The van der Waals surface area contributed by atoms with Gasteiger partial charge in [0.05, 0.1) is 18.5 Å². The average molecular weight is 374 g/mol. The molecule has 134 valence electrons. The van der Waals surface area contributed by atoms with E-state index in [1.807, 2.05) is 65.3 Å². The zero-order valence-corrected chi connectivity index (χ0v) is 15.6. The van der Waals surface area contributed by atoms with Crippen LogP contribution in [0.5, 0.6) is 5.75 Å². The summed E-state index contributed by atoms with van der Waals surface area (Å²) in [5.74, 6) is 1.56. The normalized spacial score (nSPS) is 10.7. The molecule has 2 aromatic carbocycles. The van der Waals surface area contributed by atoms with Gasteiger partial charge in [-0.25, -0.2) is 14.6 Å². The Morgan fingerprint density at radius 1 is 0.926 bits per heavy atom. The largest absolute Gasteiger partial charge is 0.497 e. The van der Waals surface area contributed by atoms with Crippen LogP contribution >= 0.6 is 11.8 Å². The van der Waals surface area contributed by atoms with E-state index in [0.717, 1.165) is 39.2 Å². The highest BCUT2D eigenvalue weighted by molar-refractivity contribution is 7.98. The monoisotopic (exact) mass is 374 g/mol. The Kier molecular flexibility index (Phi) is 5.16. The molecule has 5 nitrogen and oxygen atoms in total. The van der Waals surface area contributed by atoms with Gasteiger partial charge in [0.2, 0.25) is 0 Å². The van der Waals surface area contributed by atoms with E-state index in [0.29, 0.717) is 0 Å². The summed E-state index contributed by atoms with van der Waals surface area (Å²) in [6, 6.07) is 19.9. The smallest absolute Gasteiger partial charge is 0.187 e. The van der Waals surface area contributed by atoms with Gasteiger partial charge in [-0.05, 0) is 42.5 Å². The third kappa shape index (κ3) is 4.01. The van der Waals surface area contributed by atoms with Crippen LogP contribution in [0.25, 0.3) is 16.9 Å². The van der Waals surface area contributed by atoms with Gasteiger partial charge in [-0.1, -0.05) is 30.0 Å². The van der Waals surface area contributed by atoms with Gasteiger partial charge in [-0.3, -0.25) is 0 Å². The SMILES string of the molecule is COc1ccc(-c2nn(-c3ccccc3)cc2CSc2ncccn2)cc1. The van der Waals surface area contributed by atoms with E-state index < -0.39 is 0 Å². The van der Waals surface area contributed by atoms with Gasteiger partial charge >= 0.3 is 0 Å². The molecule has 0 amide bonds. The molecule has 0 unspecified atom stereocenters. The summed E-state index contributed by atoms with van der Waals surface area (Å²) in [7, 11) is 1.67. The number of benzene rings is 2. The maximum absolute atomic E-state index is 5.27.